The van der Waals surface area contributed by atoms with Crippen molar-refractivity contribution >= 4 is 7.85 Å². The predicted octanol–water partition coefficient (Wildman–Crippen LogP) is -1.93. The van der Waals surface area contributed by atoms with Gasteiger partial charge in [0.05, 0.1) is 0 Å². The van der Waals surface area contributed by atoms with E-state index in [0.717, 1.165) is 6.33 Å². The third-order valence-corrected chi connectivity index (χ3v) is 0.764. The zero-order chi connectivity index (χ0) is 6.91. The fourth-order valence-corrected chi connectivity index (χ4v) is 0.383. The number of aromatic amines is 1. The van der Waals surface area contributed by atoms with Crippen LogP contribution in [0.3, 0.4) is 0 Å². The maximum atomic E-state index is 8.58. The van der Waals surface area contributed by atoms with E-state index in [0.29, 0.717) is 0 Å². The molecular weight excluding hydrogens is 121 g/mol. The monoisotopic (exact) mass is 125 g/mol. The van der Waals surface area contributed by atoms with Crippen molar-refractivity contribution in [1.82, 2.24) is 15.2 Å². The molecule has 6 heteroatoms. The molecule has 1 heterocycles. The number of hydrogen-bond donors (Lipinski definition) is 3. The highest BCUT2D eigenvalue weighted by atomic mass is 16.5. The molecule has 0 aliphatic carbocycles. The summed E-state index contributed by atoms with van der Waals surface area (Å²) in [6.07, 6.45) is 1.13. The van der Waals surface area contributed by atoms with E-state index in [2.05, 4.69) is 15.2 Å². The molecule has 1 rings (SSSR count). The molecule has 3 N–H and O–H groups in total. The molecule has 0 fully saturated rings. The minimum atomic E-state index is -2.41. The van der Waals surface area contributed by atoms with Gasteiger partial charge in [-0.1, -0.05) is 0 Å². The highest BCUT2D eigenvalue weighted by Gasteiger charge is 2.20. The Balaban J connectivity index is 2.90. The number of nitrogens with one attached hydrogen (secondary N) is 1. The Morgan fingerprint density at radius 1 is 1.67 bits per heavy atom. The lowest BCUT2D eigenvalue weighted by Gasteiger charge is -2.10. The predicted molar refractivity (Wildman–Crippen MR) is 28.3 cm³/mol. The highest BCUT2D eigenvalue weighted by Crippen LogP contribution is 2.04. The summed E-state index contributed by atoms with van der Waals surface area (Å²) in [5.41, 5.74) is -2.41. The Morgan fingerprint density at radius 2 is 2.33 bits per heavy atom. The number of hydrogen-bond acceptors (Lipinski definition) is 4. The second-order valence-electron chi connectivity index (χ2n) is 1.56. The number of rotatable bonds is 1. The van der Waals surface area contributed by atoms with Crippen molar-refractivity contribution in [3.8, 4) is 0 Å². The number of aliphatic hydroxyl groups is 2. The first kappa shape index (κ1) is 6.25. The molecule has 1 aromatic heterocycles. The lowest BCUT2D eigenvalue weighted by Crippen LogP contribution is -2.26. The molecular formula is C3H4BN3O2. The molecule has 0 aromatic carbocycles. The van der Waals surface area contributed by atoms with Crippen LogP contribution in [0.1, 0.15) is 5.82 Å². The van der Waals surface area contributed by atoms with E-state index >= 15 is 0 Å². The van der Waals surface area contributed by atoms with Crippen molar-refractivity contribution in [2.24, 2.45) is 0 Å². The van der Waals surface area contributed by atoms with Crippen LogP contribution in [0.2, 0.25) is 0 Å². The Kier molecular flexibility index (Phi) is 1.26. The molecule has 0 spiro atoms. The summed E-state index contributed by atoms with van der Waals surface area (Å²) in [5, 5.41) is 22.7. The summed E-state index contributed by atoms with van der Waals surface area (Å²) >= 11 is 0. The van der Waals surface area contributed by atoms with E-state index in [1.165, 1.54) is 0 Å². The quantitative estimate of drug-likeness (QED) is 0.301. The van der Waals surface area contributed by atoms with Crippen LogP contribution >= 0.6 is 0 Å². The summed E-state index contributed by atoms with van der Waals surface area (Å²) in [6, 6.07) is 0. The molecule has 0 saturated carbocycles. The van der Waals surface area contributed by atoms with Gasteiger partial charge in [0, 0.05) is 0 Å². The molecule has 1 aromatic rings. The summed E-state index contributed by atoms with van der Waals surface area (Å²) < 4.78 is 0. The fraction of sp³-hybridized carbons (Fsp3) is 0.333. The minimum Gasteiger partial charge on any atom is -0.368 e. The average Bonchev–Trinajstić information content (AvgIpc) is 2.08. The highest BCUT2D eigenvalue weighted by molar-refractivity contribution is 6.12. The third-order valence-electron chi connectivity index (χ3n) is 0.764. The maximum absolute atomic E-state index is 8.58. The van der Waals surface area contributed by atoms with Crippen molar-refractivity contribution in [3.63, 3.8) is 0 Å². The average molecular weight is 125 g/mol. The first-order valence-corrected chi connectivity index (χ1v) is 2.20. The zero-order valence-corrected chi connectivity index (χ0v) is 4.44. The summed E-state index contributed by atoms with van der Waals surface area (Å²) in [4.78, 5) is 3.40. The van der Waals surface area contributed by atoms with E-state index < -0.39 is 5.69 Å². The van der Waals surface area contributed by atoms with Crippen LogP contribution in [-0.4, -0.2) is 33.2 Å². The van der Waals surface area contributed by atoms with Crippen LogP contribution in [0.15, 0.2) is 6.33 Å². The second-order valence-corrected chi connectivity index (χ2v) is 1.56. The summed E-state index contributed by atoms with van der Waals surface area (Å²) in [5.74, 6) is -0.178. The van der Waals surface area contributed by atoms with Crippen LogP contribution in [-0.2, 0) is 5.69 Å². The Morgan fingerprint density at radius 3 is 2.56 bits per heavy atom. The number of nitrogens with zero attached hydrogens (tertiary/aromatic N) is 2. The van der Waals surface area contributed by atoms with E-state index in [1.54, 1.807) is 0 Å². The van der Waals surface area contributed by atoms with Crippen LogP contribution in [0.4, 0.5) is 0 Å². The van der Waals surface area contributed by atoms with Gasteiger partial charge in [-0.25, -0.2) is 4.98 Å². The summed E-state index contributed by atoms with van der Waals surface area (Å²) in [6.45, 7) is 0. The van der Waals surface area contributed by atoms with Gasteiger partial charge in [0.2, 0.25) is 0 Å². The van der Waals surface area contributed by atoms with Crippen molar-refractivity contribution in [3.05, 3.63) is 12.2 Å². The molecule has 0 amide bonds. The first-order valence-electron chi connectivity index (χ1n) is 2.20. The van der Waals surface area contributed by atoms with E-state index in [9.17, 15) is 0 Å². The van der Waals surface area contributed by atoms with Crippen molar-refractivity contribution in [1.29, 1.82) is 0 Å². The molecule has 0 atom stereocenters. The molecule has 46 valence electrons. The molecule has 0 saturated heterocycles. The zero-order valence-electron chi connectivity index (χ0n) is 4.44. The van der Waals surface area contributed by atoms with Gasteiger partial charge < -0.3 is 10.2 Å². The molecule has 9 heavy (non-hydrogen) atoms. The fourth-order valence-electron chi connectivity index (χ4n) is 0.383. The van der Waals surface area contributed by atoms with Gasteiger partial charge >= 0.3 is 0 Å². The van der Waals surface area contributed by atoms with E-state index in [4.69, 9.17) is 18.1 Å². The van der Waals surface area contributed by atoms with Gasteiger partial charge in [-0.3, -0.25) is 5.10 Å². The normalized spacial score (nSPS) is 11.8. The Labute approximate surface area is 52.2 Å². The molecule has 0 unspecified atom stereocenters. The van der Waals surface area contributed by atoms with Crippen LogP contribution in [0.25, 0.3) is 0 Å². The second kappa shape index (κ2) is 1.82. The Bertz CT molecular complexity index is 179. The topological polar surface area (TPSA) is 82.0 Å². The van der Waals surface area contributed by atoms with Crippen molar-refractivity contribution in [2.75, 3.05) is 0 Å². The van der Waals surface area contributed by atoms with Crippen LogP contribution in [0.5, 0.6) is 0 Å². The lowest BCUT2D eigenvalue weighted by molar-refractivity contribution is -0.0976. The van der Waals surface area contributed by atoms with Gasteiger partial charge in [0.15, 0.2) is 19.4 Å². The van der Waals surface area contributed by atoms with Gasteiger partial charge in [-0.2, -0.15) is 5.10 Å². The first-order chi connectivity index (χ1) is 4.11. The van der Waals surface area contributed by atoms with E-state index in [-0.39, 0.29) is 5.82 Å². The number of H-pyrrole nitrogens is 1. The maximum Gasteiger partial charge on any atom is 0.172 e. The largest absolute Gasteiger partial charge is 0.368 e. The van der Waals surface area contributed by atoms with Gasteiger partial charge in [-0.05, 0) is 0 Å². The van der Waals surface area contributed by atoms with E-state index in [1.807, 2.05) is 0 Å². The molecule has 5 nitrogen and oxygen atoms in total. The molecule has 0 bridgehead atoms. The summed E-state index contributed by atoms with van der Waals surface area (Å²) in [7, 11) is 4.78. The smallest absolute Gasteiger partial charge is 0.172 e. The molecule has 0 aliphatic heterocycles. The third kappa shape index (κ3) is 1.27. The standard InChI is InChI=1S/C3H4BN3O2/c4-3(8,9)2-5-1-6-7-2/h1,8-9H,(H,5,6,7). The number of aromatic nitrogens is 3. The van der Waals surface area contributed by atoms with Crippen molar-refractivity contribution < 1.29 is 10.2 Å². The van der Waals surface area contributed by atoms with Gasteiger partial charge in [0.1, 0.15) is 6.33 Å². The molecule has 2 radical (unpaired) electrons. The van der Waals surface area contributed by atoms with Crippen LogP contribution in [0, 0.1) is 0 Å². The van der Waals surface area contributed by atoms with Gasteiger partial charge in [0.25, 0.3) is 0 Å². The van der Waals surface area contributed by atoms with Gasteiger partial charge in [-0.15, -0.1) is 0 Å². The Hall–Kier alpha value is -0.875. The van der Waals surface area contributed by atoms with Crippen molar-refractivity contribution in [2.45, 2.75) is 5.69 Å². The lowest BCUT2D eigenvalue weighted by atomic mass is 9.95. The SMILES string of the molecule is [B]C(O)(O)c1ncn[nH]1. The van der Waals surface area contributed by atoms with Crippen LogP contribution < -0.4 is 0 Å². The minimum absolute atomic E-state index is 0.178. The molecule has 0 aliphatic rings.